The number of hydrogen-bond donors (Lipinski definition) is 3. The molecular weight excluding hydrogens is 332 g/mol. The Balaban J connectivity index is 2.10. The number of aromatic amines is 1. The second kappa shape index (κ2) is 6.11. The third kappa shape index (κ3) is 2.57. The molecular formula is C20H18N2O2S. The van der Waals surface area contributed by atoms with Crippen LogP contribution < -0.4 is 11.3 Å². The van der Waals surface area contributed by atoms with E-state index in [1.807, 2.05) is 54.8 Å². The summed E-state index contributed by atoms with van der Waals surface area (Å²) in [6.45, 7) is 1.89. The van der Waals surface area contributed by atoms with Crippen molar-refractivity contribution in [1.29, 1.82) is 0 Å². The summed E-state index contributed by atoms with van der Waals surface area (Å²) in [5.41, 5.74) is 10.5. The van der Waals surface area contributed by atoms with E-state index in [4.69, 9.17) is 5.73 Å². The molecule has 0 saturated heterocycles. The minimum absolute atomic E-state index is 0.0289. The van der Waals surface area contributed by atoms with E-state index in [2.05, 4.69) is 4.98 Å². The van der Waals surface area contributed by atoms with Crippen LogP contribution in [0.2, 0.25) is 0 Å². The zero-order chi connectivity index (χ0) is 17.6. The van der Waals surface area contributed by atoms with Crippen molar-refractivity contribution in [3.8, 4) is 11.1 Å². The summed E-state index contributed by atoms with van der Waals surface area (Å²) in [6.07, 6.45) is 0. The lowest BCUT2D eigenvalue weighted by Gasteiger charge is -2.14. The molecule has 5 heteroatoms. The molecule has 0 aliphatic rings. The van der Waals surface area contributed by atoms with Gasteiger partial charge >= 0.3 is 0 Å². The molecule has 0 amide bonds. The lowest BCUT2D eigenvalue weighted by Crippen LogP contribution is -2.06. The van der Waals surface area contributed by atoms with Crippen LogP contribution in [0.4, 0.5) is 0 Å². The molecule has 4 rings (SSSR count). The largest absolute Gasteiger partial charge is 0.392 e. The number of H-pyrrole nitrogens is 1. The highest BCUT2D eigenvalue weighted by Gasteiger charge is 2.15. The second-order valence-electron chi connectivity index (χ2n) is 6.21. The Morgan fingerprint density at radius 3 is 2.60 bits per heavy atom. The van der Waals surface area contributed by atoms with Gasteiger partial charge in [-0.3, -0.25) is 4.79 Å². The third-order valence-corrected chi connectivity index (χ3v) is 5.49. The van der Waals surface area contributed by atoms with Crippen LogP contribution in [-0.2, 0) is 6.61 Å². The predicted octanol–water partition coefficient (Wildman–Crippen LogP) is 3.92. The Labute approximate surface area is 148 Å². The maximum atomic E-state index is 12.3. The molecule has 0 spiro atoms. The van der Waals surface area contributed by atoms with Gasteiger partial charge in [-0.15, -0.1) is 11.3 Å². The standard InChI is InChI=1S/C20H18N2O2S/c1-11(21)12-2-4-13(5-3-12)17-14(10-23)6-7-16-18(17)15-8-9-25-19(15)20(24)22-16/h2-9,11,23H,10,21H2,1H3,(H,22,24)/t11-/m1/s1. The number of hydrogen-bond acceptors (Lipinski definition) is 4. The van der Waals surface area contributed by atoms with Gasteiger partial charge in [-0.25, -0.2) is 0 Å². The number of aliphatic hydroxyl groups excluding tert-OH is 1. The van der Waals surface area contributed by atoms with Crippen LogP contribution in [0.1, 0.15) is 24.1 Å². The summed E-state index contributed by atoms with van der Waals surface area (Å²) in [7, 11) is 0. The molecule has 0 aliphatic heterocycles. The van der Waals surface area contributed by atoms with E-state index in [0.717, 1.165) is 38.5 Å². The fourth-order valence-electron chi connectivity index (χ4n) is 3.31. The van der Waals surface area contributed by atoms with Crippen LogP contribution in [0.5, 0.6) is 0 Å². The highest BCUT2D eigenvalue weighted by atomic mass is 32.1. The average molecular weight is 350 g/mol. The zero-order valence-corrected chi connectivity index (χ0v) is 14.6. The SMILES string of the molecule is C[C@@H](N)c1ccc(-c2c(CO)ccc3[nH]c(=O)c4sccc4c23)cc1. The number of benzene rings is 2. The minimum atomic E-state index is -0.0764. The van der Waals surface area contributed by atoms with Crippen LogP contribution >= 0.6 is 11.3 Å². The number of fused-ring (bicyclic) bond motifs is 3. The molecule has 1 atom stereocenters. The van der Waals surface area contributed by atoms with Crippen LogP contribution in [0.25, 0.3) is 32.1 Å². The summed E-state index contributed by atoms with van der Waals surface area (Å²) >= 11 is 1.43. The summed E-state index contributed by atoms with van der Waals surface area (Å²) in [6, 6.07) is 13.7. The lowest BCUT2D eigenvalue weighted by molar-refractivity contribution is 0.282. The molecule has 0 bridgehead atoms. The van der Waals surface area contributed by atoms with E-state index in [1.165, 1.54) is 11.3 Å². The first-order valence-electron chi connectivity index (χ1n) is 8.12. The normalized spacial score (nSPS) is 12.8. The van der Waals surface area contributed by atoms with E-state index in [9.17, 15) is 9.90 Å². The van der Waals surface area contributed by atoms with Gasteiger partial charge in [-0.05, 0) is 46.7 Å². The average Bonchev–Trinajstić information content (AvgIpc) is 3.11. The van der Waals surface area contributed by atoms with E-state index >= 15 is 0 Å². The molecule has 0 saturated carbocycles. The molecule has 4 nitrogen and oxygen atoms in total. The van der Waals surface area contributed by atoms with Gasteiger partial charge in [-0.1, -0.05) is 30.3 Å². The molecule has 2 aromatic carbocycles. The number of nitrogens with one attached hydrogen (secondary N) is 1. The molecule has 4 N–H and O–H groups in total. The molecule has 0 fully saturated rings. The maximum Gasteiger partial charge on any atom is 0.266 e. The summed E-state index contributed by atoms with van der Waals surface area (Å²) in [5.74, 6) is 0. The van der Waals surface area contributed by atoms with Gasteiger partial charge in [0.2, 0.25) is 0 Å². The van der Waals surface area contributed by atoms with Gasteiger partial charge in [0.1, 0.15) is 4.70 Å². The topological polar surface area (TPSA) is 79.1 Å². The van der Waals surface area contributed by atoms with Crippen molar-refractivity contribution < 1.29 is 5.11 Å². The van der Waals surface area contributed by atoms with Gasteiger partial charge in [-0.2, -0.15) is 0 Å². The summed E-state index contributed by atoms with van der Waals surface area (Å²) in [5, 5.41) is 13.7. The lowest BCUT2D eigenvalue weighted by atomic mass is 9.92. The van der Waals surface area contributed by atoms with Crippen LogP contribution in [-0.4, -0.2) is 10.1 Å². The van der Waals surface area contributed by atoms with Crippen molar-refractivity contribution in [1.82, 2.24) is 4.98 Å². The first kappa shape index (κ1) is 16.0. The van der Waals surface area contributed by atoms with Crippen molar-refractivity contribution in [2.24, 2.45) is 5.73 Å². The molecule has 0 aliphatic carbocycles. The second-order valence-corrected chi connectivity index (χ2v) is 7.12. The van der Waals surface area contributed by atoms with Crippen molar-refractivity contribution in [2.45, 2.75) is 19.6 Å². The molecule has 0 unspecified atom stereocenters. The van der Waals surface area contributed by atoms with Crippen molar-refractivity contribution in [3.05, 3.63) is 69.3 Å². The van der Waals surface area contributed by atoms with Gasteiger partial charge in [0.05, 0.1) is 6.61 Å². The third-order valence-electron chi connectivity index (χ3n) is 4.58. The minimum Gasteiger partial charge on any atom is -0.392 e. The summed E-state index contributed by atoms with van der Waals surface area (Å²) in [4.78, 5) is 15.2. The quantitative estimate of drug-likeness (QED) is 0.524. The maximum absolute atomic E-state index is 12.3. The Morgan fingerprint density at radius 1 is 1.16 bits per heavy atom. The highest BCUT2D eigenvalue weighted by molar-refractivity contribution is 7.17. The van der Waals surface area contributed by atoms with Gasteiger partial charge in [0.25, 0.3) is 5.56 Å². The molecule has 4 aromatic rings. The van der Waals surface area contributed by atoms with Crippen molar-refractivity contribution in [2.75, 3.05) is 0 Å². The Bertz CT molecular complexity index is 1120. The first-order chi connectivity index (χ1) is 12.1. The van der Waals surface area contributed by atoms with E-state index in [-0.39, 0.29) is 18.2 Å². The number of thiophene rings is 1. The van der Waals surface area contributed by atoms with E-state index in [0.29, 0.717) is 4.70 Å². The number of rotatable bonds is 3. The molecule has 25 heavy (non-hydrogen) atoms. The van der Waals surface area contributed by atoms with Crippen LogP contribution in [0.15, 0.2) is 52.6 Å². The molecule has 2 aromatic heterocycles. The highest BCUT2D eigenvalue weighted by Crippen LogP contribution is 2.36. The number of pyridine rings is 1. The van der Waals surface area contributed by atoms with Gasteiger partial charge < -0.3 is 15.8 Å². The van der Waals surface area contributed by atoms with Crippen LogP contribution in [0, 0.1) is 0 Å². The monoisotopic (exact) mass is 350 g/mol. The molecule has 0 radical (unpaired) electrons. The Kier molecular flexibility index (Phi) is 3.92. The Hall–Kier alpha value is -2.47. The van der Waals surface area contributed by atoms with Gasteiger partial charge in [0, 0.05) is 22.3 Å². The number of aliphatic hydroxyl groups is 1. The van der Waals surface area contributed by atoms with Gasteiger partial charge in [0.15, 0.2) is 0 Å². The number of nitrogens with two attached hydrogens (primary N) is 1. The van der Waals surface area contributed by atoms with E-state index < -0.39 is 0 Å². The zero-order valence-electron chi connectivity index (χ0n) is 13.7. The first-order valence-corrected chi connectivity index (χ1v) is 9.00. The molecule has 2 heterocycles. The molecule has 126 valence electrons. The summed E-state index contributed by atoms with van der Waals surface area (Å²) < 4.78 is 0.705. The predicted molar refractivity (Wildman–Crippen MR) is 104 cm³/mol. The smallest absolute Gasteiger partial charge is 0.266 e. The Morgan fingerprint density at radius 2 is 1.92 bits per heavy atom. The van der Waals surface area contributed by atoms with Crippen molar-refractivity contribution >= 4 is 32.3 Å². The fraction of sp³-hybridized carbons (Fsp3) is 0.150. The fourth-order valence-corrected chi connectivity index (χ4v) is 4.10. The van der Waals surface area contributed by atoms with Crippen LogP contribution in [0.3, 0.4) is 0 Å². The number of aromatic nitrogens is 1. The van der Waals surface area contributed by atoms with E-state index in [1.54, 1.807) is 0 Å². The van der Waals surface area contributed by atoms with Crippen molar-refractivity contribution in [3.63, 3.8) is 0 Å².